The number of benzene rings is 1. The van der Waals surface area contributed by atoms with E-state index in [0.29, 0.717) is 24.6 Å². The van der Waals surface area contributed by atoms with Crippen molar-refractivity contribution in [1.29, 1.82) is 0 Å². The summed E-state index contributed by atoms with van der Waals surface area (Å²) in [6, 6.07) is 4.91. The highest BCUT2D eigenvalue weighted by Crippen LogP contribution is 2.29. The second-order valence-electron chi connectivity index (χ2n) is 7.45. The molecule has 2 aromatic rings. The maximum Gasteiger partial charge on any atom is 0.272 e. The van der Waals surface area contributed by atoms with Crippen LogP contribution in [0.4, 0.5) is 5.69 Å². The number of nitrogens with zero attached hydrogens (tertiary/aromatic N) is 5. The monoisotopic (exact) mass is 384 g/mol. The number of piperidine rings is 1. The highest BCUT2D eigenvalue weighted by molar-refractivity contribution is 5.79. The van der Waals surface area contributed by atoms with Gasteiger partial charge >= 0.3 is 0 Å². The second-order valence-corrected chi connectivity index (χ2v) is 7.45. The number of rotatable bonds is 4. The van der Waals surface area contributed by atoms with Crippen LogP contribution in [-0.4, -0.2) is 50.1 Å². The number of nitro groups is 1. The Morgan fingerprint density at radius 2 is 2.07 bits per heavy atom. The van der Waals surface area contributed by atoms with Gasteiger partial charge in [0.1, 0.15) is 11.6 Å². The summed E-state index contributed by atoms with van der Waals surface area (Å²) in [5.74, 6) is 2.37. The summed E-state index contributed by atoms with van der Waals surface area (Å²) in [5, 5.41) is 23.1. The molecule has 0 aliphatic carbocycles. The molecule has 1 fully saturated rings. The van der Waals surface area contributed by atoms with E-state index >= 15 is 0 Å². The Labute approximate surface area is 162 Å². The first-order valence-corrected chi connectivity index (χ1v) is 9.68. The molecule has 9 heteroatoms. The van der Waals surface area contributed by atoms with E-state index in [1.807, 2.05) is 4.90 Å². The molecule has 0 bridgehead atoms. The van der Waals surface area contributed by atoms with Crippen LogP contribution in [0, 0.1) is 17.0 Å². The lowest BCUT2D eigenvalue weighted by Crippen LogP contribution is -2.39. The zero-order chi connectivity index (χ0) is 19.7. The number of amides is 1. The molecule has 2 aliphatic rings. The first-order valence-electron chi connectivity index (χ1n) is 9.68. The van der Waals surface area contributed by atoms with E-state index in [1.54, 1.807) is 19.1 Å². The molecule has 1 amide bonds. The lowest BCUT2D eigenvalue weighted by atomic mass is 9.95. The van der Waals surface area contributed by atoms with Crippen LogP contribution >= 0.6 is 0 Å². The normalized spacial score (nSPS) is 17.4. The highest BCUT2D eigenvalue weighted by Gasteiger charge is 2.29. The first kappa shape index (κ1) is 18.5. The van der Waals surface area contributed by atoms with Gasteiger partial charge in [-0.15, -0.1) is 10.2 Å². The number of hydrogen-bond donors (Lipinski definition) is 1. The Hall–Kier alpha value is -2.81. The van der Waals surface area contributed by atoms with Crippen LogP contribution in [0.2, 0.25) is 0 Å². The van der Waals surface area contributed by atoms with Crippen LogP contribution in [-0.2, 0) is 24.3 Å². The van der Waals surface area contributed by atoms with Gasteiger partial charge in [-0.3, -0.25) is 14.9 Å². The van der Waals surface area contributed by atoms with Gasteiger partial charge in [-0.25, -0.2) is 0 Å². The van der Waals surface area contributed by atoms with E-state index in [9.17, 15) is 14.9 Å². The maximum atomic E-state index is 12.7. The molecule has 1 aromatic carbocycles. The average molecular weight is 384 g/mol. The van der Waals surface area contributed by atoms with Gasteiger partial charge in [0.05, 0.1) is 17.9 Å². The molecule has 1 N–H and O–H groups in total. The SMILES string of the molecule is Cc1c(CC(=O)N2CCC(c3nnc4n3CCNC4)CC2)cccc1[N+](=O)[O-]. The Morgan fingerprint density at radius 3 is 2.82 bits per heavy atom. The topological polar surface area (TPSA) is 106 Å². The standard InChI is InChI=1S/C19H24N6O3/c1-13-15(3-2-4-16(13)25(27)28)11-18(26)23-8-5-14(6-9-23)19-22-21-17-12-20-7-10-24(17)19/h2-4,14,20H,5-12H2,1H3. The van der Waals surface area contributed by atoms with E-state index in [-0.39, 0.29) is 18.0 Å². The maximum absolute atomic E-state index is 12.7. The molecule has 2 aliphatic heterocycles. The van der Waals surface area contributed by atoms with Gasteiger partial charge in [-0.2, -0.15) is 0 Å². The molecule has 9 nitrogen and oxygen atoms in total. The summed E-state index contributed by atoms with van der Waals surface area (Å²) in [7, 11) is 0. The van der Waals surface area contributed by atoms with E-state index in [4.69, 9.17) is 0 Å². The van der Waals surface area contributed by atoms with Gasteiger partial charge in [0.15, 0.2) is 0 Å². The summed E-state index contributed by atoms with van der Waals surface area (Å²) in [6.07, 6.45) is 1.93. The molecule has 0 unspecified atom stereocenters. The average Bonchev–Trinajstić information content (AvgIpc) is 3.13. The Kier molecular flexibility index (Phi) is 5.08. The summed E-state index contributed by atoms with van der Waals surface area (Å²) in [6.45, 7) is 5.64. The van der Waals surface area contributed by atoms with Crippen molar-refractivity contribution in [2.24, 2.45) is 0 Å². The fraction of sp³-hybridized carbons (Fsp3) is 0.526. The van der Waals surface area contributed by atoms with Crippen LogP contribution < -0.4 is 5.32 Å². The van der Waals surface area contributed by atoms with Crippen molar-refractivity contribution in [2.45, 2.75) is 45.2 Å². The number of nitro benzene ring substituents is 1. The third-order valence-electron chi connectivity index (χ3n) is 5.82. The molecule has 28 heavy (non-hydrogen) atoms. The number of carbonyl (C=O) groups is 1. The number of carbonyl (C=O) groups excluding carboxylic acids is 1. The fourth-order valence-corrected chi connectivity index (χ4v) is 4.14. The third-order valence-corrected chi connectivity index (χ3v) is 5.82. The lowest BCUT2D eigenvalue weighted by Gasteiger charge is -2.32. The molecule has 4 rings (SSSR count). The molecule has 1 aromatic heterocycles. The summed E-state index contributed by atoms with van der Waals surface area (Å²) >= 11 is 0. The Bertz CT molecular complexity index is 901. The molecular formula is C19H24N6O3. The Morgan fingerprint density at radius 1 is 1.29 bits per heavy atom. The van der Waals surface area contributed by atoms with Crippen molar-refractivity contribution in [3.8, 4) is 0 Å². The van der Waals surface area contributed by atoms with Crippen molar-refractivity contribution in [2.75, 3.05) is 19.6 Å². The van der Waals surface area contributed by atoms with Gasteiger partial charge in [0, 0.05) is 43.7 Å². The number of aromatic nitrogens is 3. The van der Waals surface area contributed by atoms with E-state index < -0.39 is 4.92 Å². The summed E-state index contributed by atoms with van der Waals surface area (Å²) < 4.78 is 2.21. The van der Waals surface area contributed by atoms with Crippen LogP contribution in [0.25, 0.3) is 0 Å². The van der Waals surface area contributed by atoms with Crippen molar-refractivity contribution in [3.63, 3.8) is 0 Å². The van der Waals surface area contributed by atoms with Gasteiger partial charge in [-0.1, -0.05) is 12.1 Å². The number of likely N-dealkylation sites (tertiary alicyclic amines) is 1. The van der Waals surface area contributed by atoms with E-state index in [1.165, 1.54) is 6.07 Å². The molecule has 0 spiro atoms. The predicted octanol–water partition coefficient (Wildman–Crippen LogP) is 1.55. The molecule has 0 saturated carbocycles. The highest BCUT2D eigenvalue weighted by atomic mass is 16.6. The minimum atomic E-state index is -0.399. The predicted molar refractivity (Wildman–Crippen MR) is 102 cm³/mol. The molecule has 1 saturated heterocycles. The molecule has 3 heterocycles. The van der Waals surface area contributed by atoms with Crippen LogP contribution in [0.3, 0.4) is 0 Å². The van der Waals surface area contributed by atoms with Gasteiger partial charge < -0.3 is 14.8 Å². The van der Waals surface area contributed by atoms with Crippen LogP contribution in [0.5, 0.6) is 0 Å². The van der Waals surface area contributed by atoms with Crippen molar-refractivity contribution in [1.82, 2.24) is 25.0 Å². The smallest absolute Gasteiger partial charge is 0.272 e. The molecular weight excluding hydrogens is 360 g/mol. The van der Waals surface area contributed by atoms with Crippen LogP contribution in [0.15, 0.2) is 18.2 Å². The summed E-state index contributed by atoms with van der Waals surface area (Å²) in [5.41, 5.74) is 1.36. The molecule has 0 radical (unpaired) electrons. The van der Waals surface area contributed by atoms with Crippen LogP contribution in [0.1, 0.15) is 41.5 Å². The lowest BCUT2D eigenvalue weighted by molar-refractivity contribution is -0.385. The van der Waals surface area contributed by atoms with Crippen molar-refractivity contribution < 1.29 is 9.72 Å². The molecule has 0 atom stereocenters. The minimum Gasteiger partial charge on any atom is -0.342 e. The molecule has 148 valence electrons. The van der Waals surface area contributed by atoms with Crippen molar-refractivity contribution in [3.05, 3.63) is 51.1 Å². The zero-order valence-corrected chi connectivity index (χ0v) is 15.9. The largest absolute Gasteiger partial charge is 0.342 e. The van der Waals surface area contributed by atoms with Gasteiger partial charge in [0.25, 0.3) is 5.69 Å². The summed E-state index contributed by atoms with van der Waals surface area (Å²) in [4.78, 5) is 25.3. The van der Waals surface area contributed by atoms with E-state index in [2.05, 4.69) is 20.1 Å². The quantitative estimate of drug-likeness (QED) is 0.633. The van der Waals surface area contributed by atoms with Gasteiger partial charge in [0.2, 0.25) is 5.91 Å². The van der Waals surface area contributed by atoms with Gasteiger partial charge in [-0.05, 0) is 25.3 Å². The third kappa shape index (κ3) is 3.49. The first-order chi connectivity index (χ1) is 13.5. The Balaban J connectivity index is 1.39. The van der Waals surface area contributed by atoms with E-state index in [0.717, 1.165) is 49.7 Å². The van der Waals surface area contributed by atoms with Crippen molar-refractivity contribution >= 4 is 11.6 Å². The number of nitrogens with one attached hydrogen (secondary N) is 1. The number of fused-ring (bicyclic) bond motifs is 1. The minimum absolute atomic E-state index is 0.0227. The number of hydrogen-bond acceptors (Lipinski definition) is 6. The second kappa shape index (κ2) is 7.67. The zero-order valence-electron chi connectivity index (χ0n) is 15.9. The fourth-order valence-electron chi connectivity index (χ4n) is 4.14.